The van der Waals surface area contributed by atoms with E-state index in [1.807, 2.05) is 19.3 Å². The van der Waals surface area contributed by atoms with E-state index >= 15 is 0 Å². The molecule has 19 heavy (non-hydrogen) atoms. The first-order valence-corrected chi connectivity index (χ1v) is 6.56. The van der Waals surface area contributed by atoms with Crippen molar-refractivity contribution in [3.05, 3.63) is 59.4 Å². The molecule has 2 rings (SSSR count). The molecule has 0 aliphatic heterocycles. The predicted octanol–water partition coefficient (Wildman–Crippen LogP) is 2.73. The zero-order chi connectivity index (χ0) is 13.5. The van der Waals surface area contributed by atoms with Gasteiger partial charge in [0.25, 0.3) is 0 Å². The lowest BCUT2D eigenvalue weighted by Crippen LogP contribution is -2.10. The molecule has 0 atom stereocenters. The largest absolute Gasteiger partial charge is 0.493 e. The summed E-state index contributed by atoms with van der Waals surface area (Å²) in [4.78, 5) is 4.11. The Balaban J connectivity index is 1.99. The zero-order valence-corrected chi connectivity index (χ0v) is 11.5. The fourth-order valence-electron chi connectivity index (χ4n) is 2.07. The molecule has 0 fully saturated rings. The van der Waals surface area contributed by atoms with E-state index in [4.69, 9.17) is 4.74 Å². The maximum atomic E-state index is 5.96. The number of ether oxygens (including phenoxy) is 1. The molecule has 1 aromatic carbocycles. The third-order valence-electron chi connectivity index (χ3n) is 3.02. The minimum absolute atomic E-state index is 0.674. The van der Waals surface area contributed by atoms with Gasteiger partial charge in [0.15, 0.2) is 0 Å². The van der Waals surface area contributed by atoms with Crippen molar-refractivity contribution in [3.8, 4) is 5.75 Å². The highest BCUT2D eigenvalue weighted by Crippen LogP contribution is 2.23. The first kappa shape index (κ1) is 13.6. The summed E-state index contributed by atoms with van der Waals surface area (Å²) < 4.78 is 5.96. The van der Waals surface area contributed by atoms with Gasteiger partial charge < -0.3 is 10.1 Å². The van der Waals surface area contributed by atoms with Crippen LogP contribution in [0.5, 0.6) is 5.75 Å². The Morgan fingerprint density at radius 2 is 2.11 bits per heavy atom. The van der Waals surface area contributed by atoms with Crippen molar-refractivity contribution in [1.29, 1.82) is 0 Å². The average Bonchev–Trinajstić information content (AvgIpc) is 2.43. The summed E-state index contributed by atoms with van der Waals surface area (Å²) in [7, 11) is 1.95. The molecule has 0 bridgehead atoms. The molecule has 2 aromatic rings. The van der Waals surface area contributed by atoms with Crippen LogP contribution in [0, 0.1) is 6.92 Å². The van der Waals surface area contributed by atoms with E-state index in [2.05, 4.69) is 41.5 Å². The maximum Gasteiger partial charge on any atom is 0.126 e. The lowest BCUT2D eigenvalue weighted by Gasteiger charge is -2.14. The van der Waals surface area contributed by atoms with E-state index in [0.717, 1.165) is 18.7 Å². The van der Waals surface area contributed by atoms with Gasteiger partial charge in [-0.1, -0.05) is 24.3 Å². The molecule has 3 heteroatoms. The molecule has 100 valence electrons. The van der Waals surface area contributed by atoms with Crippen LogP contribution in [-0.4, -0.2) is 18.6 Å². The highest BCUT2D eigenvalue weighted by molar-refractivity contribution is 5.40. The molecule has 0 saturated heterocycles. The number of pyridine rings is 1. The summed E-state index contributed by atoms with van der Waals surface area (Å²) in [5.74, 6) is 1.00. The number of hydrogen-bond donors (Lipinski definition) is 1. The summed E-state index contributed by atoms with van der Waals surface area (Å²) in [6.45, 7) is 3.58. The highest BCUT2D eigenvalue weighted by atomic mass is 16.5. The minimum Gasteiger partial charge on any atom is -0.493 e. The van der Waals surface area contributed by atoms with Crippen molar-refractivity contribution in [2.24, 2.45) is 0 Å². The SMILES string of the molecule is CNCc1cccc(C)c1OCCc1cccnc1. The lowest BCUT2D eigenvalue weighted by molar-refractivity contribution is 0.315. The van der Waals surface area contributed by atoms with Crippen LogP contribution < -0.4 is 10.1 Å². The molecular weight excluding hydrogens is 236 g/mol. The first-order valence-electron chi connectivity index (χ1n) is 6.56. The van der Waals surface area contributed by atoms with Crippen molar-refractivity contribution < 1.29 is 4.74 Å². The molecule has 0 spiro atoms. The smallest absolute Gasteiger partial charge is 0.126 e. The topological polar surface area (TPSA) is 34.1 Å². The van der Waals surface area contributed by atoms with Crippen LogP contribution in [0.4, 0.5) is 0 Å². The predicted molar refractivity (Wildman–Crippen MR) is 77.4 cm³/mol. The summed E-state index contributed by atoms with van der Waals surface area (Å²) in [6.07, 6.45) is 4.55. The number of benzene rings is 1. The normalized spacial score (nSPS) is 10.4. The quantitative estimate of drug-likeness (QED) is 0.863. The van der Waals surface area contributed by atoms with Crippen molar-refractivity contribution in [2.75, 3.05) is 13.7 Å². The third-order valence-corrected chi connectivity index (χ3v) is 3.02. The number of rotatable bonds is 6. The maximum absolute atomic E-state index is 5.96. The van der Waals surface area contributed by atoms with Gasteiger partial charge >= 0.3 is 0 Å². The summed E-state index contributed by atoms with van der Waals surface area (Å²) >= 11 is 0. The third kappa shape index (κ3) is 3.80. The number of aryl methyl sites for hydroxylation is 1. The van der Waals surface area contributed by atoms with E-state index in [0.29, 0.717) is 6.61 Å². The minimum atomic E-state index is 0.674. The van der Waals surface area contributed by atoms with Crippen LogP contribution in [0.15, 0.2) is 42.7 Å². The van der Waals surface area contributed by atoms with Crippen LogP contribution >= 0.6 is 0 Å². The monoisotopic (exact) mass is 256 g/mol. The van der Waals surface area contributed by atoms with E-state index in [1.165, 1.54) is 16.7 Å². The molecule has 1 aromatic heterocycles. The molecule has 3 nitrogen and oxygen atoms in total. The van der Waals surface area contributed by atoms with Crippen LogP contribution in [-0.2, 0) is 13.0 Å². The van der Waals surface area contributed by atoms with Crippen LogP contribution in [0.2, 0.25) is 0 Å². The van der Waals surface area contributed by atoms with Crippen molar-refractivity contribution in [1.82, 2.24) is 10.3 Å². The summed E-state index contributed by atoms with van der Waals surface area (Å²) in [5, 5.41) is 3.17. The van der Waals surface area contributed by atoms with Gasteiger partial charge in [-0.05, 0) is 31.2 Å². The molecule has 1 heterocycles. The standard InChI is InChI=1S/C16H20N2O/c1-13-5-3-7-15(12-17-2)16(13)19-10-8-14-6-4-9-18-11-14/h3-7,9,11,17H,8,10,12H2,1-2H3. The molecule has 0 radical (unpaired) electrons. The van der Waals surface area contributed by atoms with Crippen molar-refractivity contribution in [3.63, 3.8) is 0 Å². The van der Waals surface area contributed by atoms with Crippen LogP contribution in [0.25, 0.3) is 0 Å². The van der Waals surface area contributed by atoms with E-state index < -0.39 is 0 Å². The van der Waals surface area contributed by atoms with Gasteiger partial charge in [0.2, 0.25) is 0 Å². The van der Waals surface area contributed by atoms with Gasteiger partial charge in [-0.25, -0.2) is 0 Å². The Hall–Kier alpha value is -1.87. The van der Waals surface area contributed by atoms with E-state index in [1.54, 1.807) is 6.20 Å². The Morgan fingerprint density at radius 1 is 1.21 bits per heavy atom. The molecule has 0 aliphatic rings. The van der Waals surface area contributed by atoms with Crippen molar-refractivity contribution in [2.45, 2.75) is 19.9 Å². The lowest BCUT2D eigenvalue weighted by atomic mass is 10.1. The number of nitrogens with zero attached hydrogens (tertiary/aromatic N) is 1. The highest BCUT2D eigenvalue weighted by Gasteiger charge is 2.06. The van der Waals surface area contributed by atoms with Gasteiger partial charge in [-0.15, -0.1) is 0 Å². The molecule has 0 aliphatic carbocycles. The number of hydrogen-bond acceptors (Lipinski definition) is 3. The van der Waals surface area contributed by atoms with Crippen molar-refractivity contribution >= 4 is 0 Å². The molecule has 0 saturated carbocycles. The van der Waals surface area contributed by atoms with Gasteiger partial charge in [0.05, 0.1) is 6.61 Å². The molecule has 0 unspecified atom stereocenters. The number of para-hydroxylation sites is 1. The second-order valence-corrected chi connectivity index (χ2v) is 4.55. The van der Waals surface area contributed by atoms with Gasteiger partial charge in [-0.2, -0.15) is 0 Å². The molecule has 0 amide bonds. The van der Waals surface area contributed by atoms with Gasteiger partial charge in [-0.3, -0.25) is 4.98 Å². The van der Waals surface area contributed by atoms with Crippen LogP contribution in [0.3, 0.4) is 0 Å². The van der Waals surface area contributed by atoms with Crippen LogP contribution in [0.1, 0.15) is 16.7 Å². The Morgan fingerprint density at radius 3 is 2.84 bits per heavy atom. The Bertz CT molecular complexity index is 511. The number of aromatic nitrogens is 1. The van der Waals surface area contributed by atoms with Gasteiger partial charge in [0.1, 0.15) is 5.75 Å². The Labute approximate surface area is 114 Å². The fourth-order valence-corrected chi connectivity index (χ4v) is 2.07. The average molecular weight is 256 g/mol. The summed E-state index contributed by atoms with van der Waals surface area (Å²) in [6, 6.07) is 10.3. The fraction of sp³-hybridized carbons (Fsp3) is 0.312. The zero-order valence-electron chi connectivity index (χ0n) is 11.5. The second-order valence-electron chi connectivity index (χ2n) is 4.55. The second kappa shape index (κ2) is 6.90. The number of nitrogens with one attached hydrogen (secondary N) is 1. The summed E-state index contributed by atoms with van der Waals surface area (Å²) in [5.41, 5.74) is 3.58. The van der Waals surface area contributed by atoms with E-state index in [9.17, 15) is 0 Å². The Kier molecular flexibility index (Phi) is 4.93. The van der Waals surface area contributed by atoms with Gasteiger partial charge in [0, 0.05) is 30.9 Å². The first-order chi connectivity index (χ1) is 9.31. The van der Waals surface area contributed by atoms with E-state index in [-0.39, 0.29) is 0 Å². The molecule has 1 N–H and O–H groups in total. The molecular formula is C16H20N2O.